The highest BCUT2D eigenvalue weighted by Crippen LogP contribution is 2.36. The first-order chi connectivity index (χ1) is 6.48. The molecule has 2 rings (SSSR count). The van der Waals surface area contributed by atoms with Crippen LogP contribution in [0.1, 0.15) is 24.6 Å². The van der Waals surface area contributed by atoms with Crippen LogP contribution >= 0.6 is 12.4 Å². The molecule has 0 bridgehead atoms. The molecule has 1 aliphatic carbocycles. The summed E-state index contributed by atoms with van der Waals surface area (Å²) in [6.07, 6.45) is -2.00. The number of hydrogen-bond acceptors (Lipinski definition) is 2. The monoisotopic (exact) mass is 241 g/mol. The summed E-state index contributed by atoms with van der Waals surface area (Å²) < 4.78 is 38.3. The van der Waals surface area contributed by atoms with E-state index < -0.39 is 11.9 Å². The van der Waals surface area contributed by atoms with Gasteiger partial charge in [0.25, 0.3) is 0 Å². The summed E-state index contributed by atoms with van der Waals surface area (Å²) in [4.78, 5) is 0. The molecule has 1 saturated carbocycles. The normalized spacial score (nSPS) is 25.6. The number of rotatable bonds is 1. The summed E-state index contributed by atoms with van der Waals surface area (Å²) in [5.74, 6) is 0. The third-order valence-electron chi connectivity index (χ3n) is 2.46. The second kappa shape index (κ2) is 4.02. The van der Waals surface area contributed by atoms with Crippen LogP contribution in [0.3, 0.4) is 0 Å². The van der Waals surface area contributed by atoms with Crippen LogP contribution in [0.4, 0.5) is 13.2 Å². The van der Waals surface area contributed by atoms with Crippen LogP contribution in [-0.4, -0.2) is 15.8 Å². The fraction of sp³-hybridized carbons (Fsp3) is 0.625. The van der Waals surface area contributed by atoms with E-state index in [-0.39, 0.29) is 24.5 Å². The smallest absolute Gasteiger partial charge is 0.328 e. The molecule has 86 valence electrons. The van der Waals surface area contributed by atoms with Crippen molar-refractivity contribution in [2.24, 2.45) is 5.73 Å². The molecule has 1 aromatic rings. The largest absolute Gasteiger partial charge is 0.433 e. The maximum absolute atomic E-state index is 12.4. The van der Waals surface area contributed by atoms with Crippen LogP contribution in [0.5, 0.6) is 0 Å². The van der Waals surface area contributed by atoms with Crippen LogP contribution in [0.15, 0.2) is 12.3 Å². The Morgan fingerprint density at radius 1 is 1.40 bits per heavy atom. The average molecular weight is 242 g/mol. The molecule has 1 aliphatic rings. The highest BCUT2D eigenvalue weighted by molar-refractivity contribution is 5.85. The van der Waals surface area contributed by atoms with E-state index in [0.29, 0.717) is 12.8 Å². The number of nitrogens with two attached hydrogens (primary N) is 1. The van der Waals surface area contributed by atoms with E-state index in [4.69, 9.17) is 5.73 Å². The highest BCUT2D eigenvalue weighted by Gasteiger charge is 2.39. The molecule has 0 aliphatic heterocycles. The molecule has 1 fully saturated rings. The van der Waals surface area contributed by atoms with Crippen molar-refractivity contribution in [2.45, 2.75) is 31.1 Å². The van der Waals surface area contributed by atoms with Crippen LogP contribution < -0.4 is 5.73 Å². The van der Waals surface area contributed by atoms with Crippen LogP contribution in [0.2, 0.25) is 0 Å². The van der Waals surface area contributed by atoms with Crippen molar-refractivity contribution < 1.29 is 13.2 Å². The van der Waals surface area contributed by atoms with E-state index in [1.807, 2.05) is 0 Å². The van der Waals surface area contributed by atoms with Crippen molar-refractivity contribution in [3.8, 4) is 0 Å². The summed E-state index contributed by atoms with van der Waals surface area (Å²) in [5, 5.41) is 3.68. The predicted octanol–water partition coefficient (Wildman–Crippen LogP) is 1.99. The van der Waals surface area contributed by atoms with Gasteiger partial charge in [0, 0.05) is 12.2 Å². The van der Waals surface area contributed by atoms with Gasteiger partial charge in [-0.25, -0.2) is 0 Å². The van der Waals surface area contributed by atoms with E-state index in [1.54, 1.807) is 0 Å². The van der Waals surface area contributed by atoms with Gasteiger partial charge in [0.1, 0.15) is 5.69 Å². The zero-order valence-corrected chi connectivity index (χ0v) is 8.55. The summed E-state index contributed by atoms with van der Waals surface area (Å²) in [5.41, 5.74) is 4.83. The minimum absolute atomic E-state index is 0. The van der Waals surface area contributed by atoms with Gasteiger partial charge in [-0.2, -0.15) is 18.3 Å². The quantitative estimate of drug-likeness (QED) is 0.817. The number of alkyl halides is 3. The van der Waals surface area contributed by atoms with Gasteiger partial charge in [0.15, 0.2) is 0 Å². The van der Waals surface area contributed by atoms with E-state index in [9.17, 15) is 13.2 Å². The van der Waals surface area contributed by atoms with E-state index >= 15 is 0 Å². The van der Waals surface area contributed by atoms with Crippen molar-refractivity contribution in [1.82, 2.24) is 9.78 Å². The maximum Gasteiger partial charge on any atom is 0.433 e. The molecule has 0 radical (unpaired) electrons. The number of halogens is 4. The molecule has 3 nitrogen and oxygen atoms in total. The Balaban J connectivity index is 0.00000112. The predicted molar refractivity (Wildman–Crippen MR) is 50.7 cm³/mol. The lowest BCUT2D eigenvalue weighted by Gasteiger charge is -2.33. The summed E-state index contributed by atoms with van der Waals surface area (Å²) in [6.45, 7) is 0. The van der Waals surface area contributed by atoms with E-state index in [2.05, 4.69) is 5.10 Å². The molecule has 2 N–H and O–H groups in total. The number of nitrogens with zero attached hydrogens (tertiary/aromatic N) is 2. The minimum Gasteiger partial charge on any atom is -0.328 e. The second-order valence-electron chi connectivity index (χ2n) is 3.54. The molecule has 0 aromatic carbocycles. The Morgan fingerprint density at radius 3 is 2.47 bits per heavy atom. The molecular weight excluding hydrogens is 231 g/mol. The molecule has 7 heteroatoms. The van der Waals surface area contributed by atoms with E-state index in [0.717, 1.165) is 10.7 Å². The molecule has 15 heavy (non-hydrogen) atoms. The molecule has 1 aromatic heterocycles. The van der Waals surface area contributed by atoms with Gasteiger partial charge >= 0.3 is 6.18 Å². The molecule has 0 spiro atoms. The van der Waals surface area contributed by atoms with Gasteiger partial charge in [-0.1, -0.05) is 0 Å². The van der Waals surface area contributed by atoms with Crippen LogP contribution in [0, 0.1) is 0 Å². The first-order valence-electron chi connectivity index (χ1n) is 4.35. The summed E-state index contributed by atoms with van der Waals surface area (Å²) in [7, 11) is 0. The molecule has 1 heterocycles. The standard InChI is InChI=1S/C8H10F3N3.ClH/c9-8(10,11)7-1-2-13-14(7)6-3-5(12)4-6;/h1-2,5-6H,3-4,12H2;1H/t5-,6-;. The van der Waals surface area contributed by atoms with Gasteiger partial charge in [-0.05, 0) is 18.9 Å². The van der Waals surface area contributed by atoms with E-state index in [1.165, 1.54) is 6.20 Å². The van der Waals surface area contributed by atoms with Crippen LogP contribution in [-0.2, 0) is 6.18 Å². The van der Waals surface area contributed by atoms with Crippen molar-refractivity contribution in [1.29, 1.82) is 0 Å². The number of aromatic nitrogens is 2. The highest BCUT2D eigenvalue weighted by atomic mass is 35.5. The van der Waals surface area contributed by atoms with Gasteiger partial charge in [-0.15, -0.1) is 12.4 Å². The van der Waals surface area contributed by atoms with Gasteiger partial charge < -0.3 is 5.73 Å². The van der Waals surface area contributed by atoms with Gasteiger partial charge in [0.05, 0.1) is 6.04 Å². The average Bonchev–Trinajstić information content (AvgIpc) is 2.44. The van der Waals surface area contributed by atoms with Crippen LogP contribution in [0.25, 0.3) is 0 Å². The van der Waals surface area contributed by atoms with Crippen molar-refractivity contribution in [3.63, 3.8) is 0 Å². The summed E-state index contributed by atoms with van der Waals surface area (Å²) >= 11 is 0. The third-order valence-corrected chi connectivity index (χ3v) is 2.46. The molecule has 0 unspecified atom stereocenters. The second-order valence-corrected chi connectivity index (χ2v) is 3.54. The molecular formula is C8H11ClF3N3. The number of hydrogen-bond donors (Lipinski definition) is 1. The Kier molecular flexibility index (Phi) is 3.30. The van der Waals surface area contributed by atoms with Gasteiger partial charge in [0.2, 0.25) is 0 Å². The van der Waals surface area contributed by atoms with Crippen molar-refractivity contribution >= 4 is 12.4 Å². The molecule has 0 amide bonds. The fourth-order valence-electron chi connectivity index (χ4n) is 1.66. The Morgan fingerprint density at radius 2 is 2.00 bits per heavy atom. The minimum atomic E-state index is -4.32. The Labute approximate surface area is 90.8 Å². The summed E-state index contributed by atoms with van der Waals surface area (Å²) in [6, 6.07) is 0.825. The maximum atomic E-state index is 12.4. The lowest BCUT2D eigenvalue weighted by atomic mass is 9.87. The Bertz CT molecular complexity index is 330. The molecule has 0 atom stereocenters. The van der Waals surface area contributed by atoms with Gasteiger partial charge in [-0.3, -0.25) is 4.68 Å². The third kappa shape index (κ3) is 2.26. The zero-order valence-electron chi connectivity index (χ0n) is 7.74. The topological polar surface area (TPSA) is 43.8 Å². The molecule has 0 saturated heterocycles. The zero-order chi connectivity index (χ0) is 10.3. The lowest BCUT2D eigenvalue weighted by Crippen LogP contribution is -2.39. The Hall–Kier alpha value is -0.750. The van der Waals surface area contributed by atoms with Crippen molar-refractivity contribution in [2.75, 3.05) is 0 Å². The SMILES string of the molecule is Cl.N[C@H]1C[C@H](n2nccc2C(F)(F)F)C1. The first kappa shape index (κ1) is 12.3. The fourth-order valence-corrected chi connectivity index (χ4v) is 1.66. The lowest BCUT2D eigenvalue weighted by molar-refractivity contribution is -0.145. The van der Waals surface area contributed by atoms with Crippen molar-refractivity contribution in [3.05, 3.63) is 18.0 Å². The first-order valence-corrected chi connectivity index (χ1v) is 4.35.